The zero-order chi connectivity index (χ0) is 16.8. The lowest BCUT2D eigenvalue weighted by molar-refractivity contribution is -0.130. The molecule has 0 aliphatic heterocycles. The second-order valence-electron chi connectivity index (χ2n) is 4.62. The Bertz CT molecular complexity index is 691. The quantitative estimate of drug-likeness (QED) is 0.784. The summed E-state index contributed by atoms with van der Waals surface area (Å²) in [5, 5.41) is 2.78. The van der Waals surface area contributed by atoms with E-state index >= 15 is 0 Å². The molecule has 1 atom stereocenters. The minimum Gasteiger partial charge on any atom is -0.447 e. The molecule has 0 spiro atoms. The number of carbonyl (C=O) groups is 2. The van der Waals surface area contributed by atoms with E-state index in [0.29, 0.717) is 13.0 Å². The first-order valence-corrected chi connectivity index (χ1v) is 8.39. The van der Waals surface area contributed by atoms with Gasteiger partial charge in [-0.3, -0.25) is 4.79 Å². The molecule has 0 aliphatic rings. The summed E-state index contributed by atoms with van der Waals surface area (Å²) in [4.78, 5) is 24.2. The number of carbonyl (C=O) groups excluding carboxylic acids is 2. The molecule has 0 unspecified atom stereocenters. The number of benzene rings is 1. The van der Waals surface area contributed by atoms with Crippen molar-refractivity contribution in [1.29, 1.82) is 0 Å². The average molecular weight is 373 g/mol. The lowest BCUT2D eigenvalue weighted by Gasteiger charge is -2.15. The first-order chi connectivity index (χ1) is 11.0. The monoisotopic (exact) mass is 372 g/mol. The highest BCUT2D eigenvalue weighted by atomic mass is 35.5. The largest absolute Gasteiger partial charge is 0.447 e. The summed E-state index contributed by atoms with van der Waals surface area (Å²) in [6, 6.07) is 9.44. The van der Waals surface area contributed by atoms with E-state index in [1.54, 1.807) is 6.92 Å². The summed E-state index contributed by atoms with van der Waals surface area (Å²) in [6.45, 7) is 2.10. The van der Waals surface area contributed by atoms with Gasteiger partial charge in [0.2, 0.25) is 0 Å². The Hall–Kier alpha value is -1.63. The Kier molecular flexibility index (Phi) is 6.38. The van der Waals surface area contributed by atoms with Gasteiger partial charge in [0.15, 0.2) is 11.8 Å². The number of nitrogens with one attached hydrogen (secondary N) is 1. The topological polar surface area (TPSA) is 68.3 Å². The molecule has 8 heteroatoms. The van der Waals surface area contributed by atoms with E-state index in [4.69, 9.17) is 27.9 Å². The number of rotatable bonds is 6. The Morgan fingerprint density at radius 2 is 2.00 bits per heavy atom. The molecule has 0 bridgehead atoms. The summed E-state index contributed by atoms with van der Waals surface area (Å²) in [5.74, 6) is -1.14. The number of halogens is 2. The van der Waals surface area contributed by atoms with E-state index in [2.05, 4.69) is 9.69 Å². The minimum atomic E-state index is -0.914. The molecular weight excluding hydrogens is 359 g/mol. The van der Waals surface area contributed by atoms with Crippen molar-refractivity contribution >= 4 is 46.6 Å². The molecule has 1 aromatic heterocycles. The van der Waals surface area contributed by atoms with Crippen LogP contribution in [0.15, 0.2) is 30.3 Å². The van der Waals surface area contributed by atoms with E-state index in [-0.39, 0.29) is 21.0 Å². The van der Waals surface area contributed by atoms with Crippen LogP contribution in [-0.4, -0.2) is 22.4 Å². The molecule has 2 rings (SSSR count). The van der Waals surface area contributed by atoms with Crippen molar-refractivity contribution in [2.75, 3.05) is 0 Å². The van der Waals surface area contributed by atoms with E-state index in [9.17, 15) is 9.59 Å². The fourth-order valence-corrected chi connectivity index (χ4v) is 2.77. The van der Waals surface area contributed by atoms with Crippen LogP contribution >= 0.6 is 34.7 Å². The van der Waals surface area contributed by atoms with Gasteiger partial charge in [-0.05, 0) is 23.5 Å². The number of ether oxygens (including phenoxy) is 1. The molecule has 0 saturated heterocycles. The fourth-order valence-electron chi connectivity index (χ4n) is 1.79. The molecule has 1 heterocycles. The lowest BCUT2D eigenvalue weighted by Crippen LogP contribution is -2.37. The first-order valence-electron chi connectivity index (χ1n) is 6.86. The summed E-state index contributed by atoms with van der Waals surface area (Å²) in [7, 11) is 0. The maximum atomic E-state index is 12.1. The Morgan fingerprint density at radius 1 is 1.30 bits per heavy atom. The summed E-state index contributed by atoms with van der Waals surface area (Å²) in [5.41, 5.74) is 0.882. The molecule has 23 heavy (non-hydrogen) atoms. The second kappa shape index (κ2) is 8.29. The number of nitrogens with zero attached hydrogens (tertiary/aromatic N) is 1. The fraction of sp³-hybridized carbons (Fsp3) is 0.267. The normalized spacial score (nSPS) is 11.8. The highest BCUT2D eigenvalue weighted by Gasteiger charge is 2.25. The van der Waals surface area contributed by atoms with Crippen LogP contribution < -0.4 is 5.32 Å². The molecule has 2 aromatic rings. The summed E-state index contributed by atoms with van der Waals surface area (Å²) >= 11 is 12.5. The van der Waals surface area contributed by atoms with Crippen LogP contribution in [-0.2, 0) is 16.1 Å². The van der Waals surface area contributed by atoms with Crippen molar-refractivity contribution in [3.63, 3.8) is 0 Å². The van der Waals surface area contributed by atoms with Crippen molar-refractivity contribution in [1.82, 2.24) is 9.69 Å². The second-order valence-corrected chi connectivity index (χ2v) is 6.38. The summed E-state index contributed by atoms with van der Waals surface area (Å²) < 4.78 is 9.22. The van der Waals surface area contributed by atoms with Crippen LogP contribution in [0.3, 0.4) is 0 Å². The molecule has 1 aromatic carbocycles. The molecule has 1 N–H and O–H groups in total. The molecule has 1 amide bonds. The van der Waals surface area contributed by atoms with Crippen molar-refractivity contribution in [2.24, 2.45) is 0 Å². The van der Waals surface area contributed by atoms with Crippen molar-refractivity contribution < 1.29 is 14.3 Å². The van der Waals surface area contributed by atoms with Gasteiger partial charge in [-0.25, -0.2) is 4.79 Å². The number of aromatic nitrogens is 1. The van der Waals surface area contributed by atoms with Crippen LogP contribution in [0.4, 0.5) is 0 Å². The van der Waals surface area contributed by atoms with Crippen molar-refractivity contribution in [3.05, 3.63) is 50.9 Å². The Labute approximate surface area is 147 Å². The molecular formula is C15H14Cl2N2O3S. The van der Waals surface area contributed by atoms with Gasteiger partial charge in [-0.2, -0.15) is 4.37 Å². The smallest absolute Gasteiger partial charge is 0.360 e. The van der Waals surface area contributed by atoms with Gasteiger partial charge in [0.05, 0.1) is 0 Å². The summed E-state index contributed by atoms with van der Waals surface area (Å²) in [6.07, 6.45) is -0.579. The number of hydrogen-bond donors (Lipinski definition) is 1. The Balaban J connectivity index is 1.95. The van der Waals surface area contributed by atoms with Crippen LogP contribution in [0.1, 0.15) is 29.4 Å². The van der Waals surface area contributed by atoms with E-state index in [1.165, 1.54) is 0 Å². The van der Waals surface area contributed by atoms with Crippen LogP contribution in [0.2, 0.25) is 9.36 Å². The maximum Gasteiger partial charge on any atom is 0.360 e. The van der Waals surface area contributed by atoms with Crippen LogP contribution in [0.5, 0.6) is 0 Å². The van der Waals surface area contributed by atoms with Gasteiger partial charge in [0.25, 0.3) is 5.91 Å². The van der Waals surface area contributed by atoms with E-state index in [1.807, 2.05) is 30.3 Å². The number of amides is 1. The third kappa shape index (κ3) is 4.67. The van der Waals surface area contributed by atoms with E-state index in [0.717, 1.165) is 17.1 Å². The highest BCUT2D eigenvalue weighted by Crippen LogP contribution is 2.30. The van der Waals surface area contributed by atoms with Crippen LogP contribution in [0, 0.1) is 0 Å². The Morgan fingerprint density at radius 3 is 2.57 bits per heavy atom. The zero-order valence-corrected chi connectivity index (χ0v) is 14.5. The van der Waals surface area contributed by atoms with E-state index < -0.39 is 12.1 Å². The number of hydrogen-bond acceptors (Lipinski definition) is 5. The van der Waals surface area contributed by atoms with Gasteiger partial charge < -0.3 is 10.1 Å². The van der Waals surface area contributed by atoms with Gasteiger partial charge in [0.1, 0.15) is 9.36 Å². The molecule has 5 nitrogen and oxygen atoms in total. The molecule has 0 fully saturated rings. The SMILES string of the molecule is CC[C@@H](OC(=O)c1nsc(Cl)c1Cl)C(=O)NCc1ccccc1. The minimum absolute atomic E-state index is 0.0428. The van der Waals surface area contributed by atoms with Crippen LogP contribution in [0.25, 0.3) is 0 Å². The maximum absolute atomic E-state index is 12.1. The zero-order valence-electron chi connectivity index (χ0n) is 12.2. The predicted octanol–water partition coefficient (Wildman–Crippen LogP) is 3.70. The lowest BCUT2D eigenvalue weighted by atomic mass is 10.2. The molecule has 122 valence electrons. The van der Waals surface area contributed by atoms with Crippen molar-refractivity contribution in [3.8, 4) is 0 Å². The molecule has 0 saturated carbocycles. The standard InChI is InChI=1S/C15H14Cl2N2O3S/c1-2-10(14(20)18-8-9-6-4-3-5-7-9)22-15(21)12-11(16)13(17)23-19-12/h3-7,10H,2,8H2,1H3,(H,18,20)/t10-/m1/s1. The highest BCUT2D eigenvalue weighted by molar-refractivity contribution is 7.11. The third-order valence-corrected chi connectivity index (χ3v) is 4.62. The van der Waals surface area contributed by atoms with Gasteiger partial charge in [0, 0.05) is 6.54 Å². The predicted molar refractivity (Wildman–Crippen MR) is 89.9 cm³/mol. The molecule has 0 radical (unpaired) electrons. The van der Waals surface area contributed by atoms with Gasteiger partial charge >= 0.3 is 5.97 Å². The van der Waals surface area contributed by atoms with Gasteiger partial charge in [-0.15, -0.1) is 0 Å². The number of esters is 1. The van der Waals surface area contributed by atoms with Crippen molar-refractivity contribution in [2.45, 2.75) is 26.0 Å². The first kappa shape index (κ1) is 17.7. The molecule has 0 aliphatic carbocycles. The third-order valence-electron chi connectivity index (χ3n) is 3.01. The average Bonchev–Trinajstić information content (AvgIpc) is 2.90. The van der Waals surface area contributed by atoms with Gasteiger partial charge in [-0.1, -0.05) is 60.5 Å².